The predicted molar refractivity (Wildman–Crippen MR) is 559 cm³/mol. The monoisotopic (exact) mass is 1930 g/mol. The first-order chi connectivity index (χ1) is 68.3. The normalized spacial score (nSPS) is 13.9. The highest BCUT2D eigenvalue weighted by Crippen LogP contribution is 2.35. The third-order valence-corrected chi connectivity index (χ3v) is 23.7. The second-order valence-electron chi connectivity index (χ2n) is 38.5. The lowest BCUT2D eigenvalue weighted by Crippen LogP contribution is -2.50. The lowest BCUT2D eigenvalue weighted by atomic mass is 10.1. The number of amides is 5. The second-order valence-corrected chi connectivity index (χ2v) is 38.5. The topological polar surface area (TPSA) is 388 Å². The summed E-state index contributed by atoms with van der Waals surface area (Å²) in [7, 11) is 0. The van der Waals surface area contributed by atoms with Gasteiger partial charge in [-0.2, -0.15) is 0 Å². The number of rotatable bonds is 19. The summed E-state index contributed by atoms with van der Waals surface area (Å²) in [6.07, 6.45) is 17.3. The molecule has 10 heterocycles. The van der Waals surface area contributed by atoms with Crippen molar-refractivity contribution in [3.8, 4) is 45.3 Å². The summed E-state index contributed by atoms with van der Waals surface area (Å²) in [5.74, 6) is 0.460. The fourth-order valence-corrected chi connectivity index (χ4v) is 16.4. The van der Waals surface area contributed by atoms with Gasteiger partial charge in [0.1, 0.15) is 16.8 Å². The van der Waals surface area contributed by atoms with Gasteiger partial charge in [0.2, 0.25) is 11.9 Å². The average Bonchev–Trinajstić information content (AvgIpc) is 1.80. The third-order valence-electron chi connectivity index (χ3n) is 23.7. The molecule has 0 atom stereocenters. The van der Waals surface area contributed by atoms with Crippen molar-refractivity contribution in [3.63, 3.8) is 0 Å². The van der Waals surface area contributed by atoms with Gasteiger partial charge < -0.3 is 99.1 Å². The summed E-state index contributed by atoms with van der Waals surface area (Å²) >= 11 is 0. The number of nitrogens with two attached hydrogens (primary N) is 1. The molecule has 0 bridgehead atoms. The average molecular weight is 1930 g/mol. The Morgan fingerprint density at radius 2 is 0.678 bits per heavy atom. The van der Waals surface area contributed by atoms with E-state index in [1.807, 2.05) is 293 Å². The summed E-state index contributed by atoms with van der Waals surface area (Å²) in [5, 5.41) is 27.6. The van der Waals surface area contributed by atoms with Gasteiger partial charge >= 0.3 is 18.3 Å². The highest BCUT2D eigenvalue weighted by Gasteiger charge is 2.32. The van der Waals surface area contributed by atoms with E-state index in [-0.39, 0.29) is 35.8 Å². The summed E-state index contributed by atoms with van der Waals surface area (Å²) in [6.45, 7) is 39.3. The van der Waals surface area contributed by atoms with Crippen LogP contribution in [0.2, 0.25) is 0 Å². The van der Waals surface area contributed by atoms with Crippen molar-refractivity contribution in [3.05, 3.63) is 300 Å². The van der Waals surface area contributed by atoms with Crippen molar-refractivity contribution in [2.75, 3.05) is 151 Å². The number of nitrogens with zero attached hydrogens (tertiary/aromatic N) is 20. The molecule has 14 aromatic rings. The van der Waals surface area contributed by atoms with E-state index < -0.39 is 21.7 Å². The van der Waals surface area contributed by atoms with E-state index in [0.29, 0.717) is 106 Å². The molecule has 36 nitrogen and oxygen atoms in total. The Bertz CT molecular complexity index is 6830. The van der Waals surface area contributed by atoms with Crippen molar-refractivity contribution < 1.29 is 43.1 Å². The van der Waals surface area contributed by atoms with Crippen LogP contribution in [0.25, 0.3) is 45.3 Å². The van der Waals surface area contributed by atoms with Crippen molar-refractivity contribution in [2.24, 2.45) is 0 Å². The number of aromatic nitrogens is 12. The fourth-order valence-electron chi connectivity index (χ4n) is 16.4. The molecule has 4 fully saturated rings. The number of piperazine rings is 4. The molecule has 0 spiro atoms. The maximum absolute atomic E-state index is 13.7. The minimum atomic E-state index is -0.548. The molecule has 0 aliphatic carbocycles. The third kappa shape index (κ3) is 27.8. The van der Waals surface area contributed by atoms with Gasteiger partial charge in [-0.3, -0.25) is 19.7 Å². The number of non-ortho nitro benzene ring substituents is 1. The van der Waals surface area contributed by atoms with E-state index in [1.54, 1.807) is 69.1 Å². The van der Waals surface area contributed by atoms with Crippen molar-refractivity contribution >= 4 is 98.9 Å². The first-order valence-corrected chi connectivity index (χ1v) is 47.7. The maximum Gasteiger partial charge on any atom is 0.410 e. The zero-order chi connectivity index (χ0) is 101. The molecule has 4 aliphatic heterocycles. The number of benzene rings is 8. The molecular formula is C107H124N26O10. The van der Waals surface area contributed by atoms with Crippen LogP contribution in [0.3, 0.4) is 0 Å². The Morgan fingerprint density at radius 3 is 1.01 bits per heavy atom. The van der Waals surface area contributed by atoms with Gasteiger partial charge in [-0.15, -0.1) is 0 Å². The Hall–Kier alpha value is -16.5. The van der Waals surface area contributed by atoms with Gasteiger partial charge in [0.05, 0.1) is 87.1 Å². The van der Waals surface area contributed by atoms with E-state index in [0.717, 1.165) is 153 Å². The number of hydrogen-bond acceptors (Lipinski definition) is 26. The fraction of sp³-hybridized carbons (Fsp3) is 0.318. The number of nitro benzene ring substituents is 1. The summed E-state index contributed by atoms with van der Waals surface area (Å²) in [4.78, 5) is 125. The lowest BCUT2D eigenvalue weighted by Gasteiger charge is -2.37. The Kier molecular flexibility index (Phi) is 31.6. The summed E-state index contributed by atoms with van der Waals surface area (Å²) < 4.78 is 24.1. The van der Waals surface area contributed by atoms with Crippen LogP contribution in [-0.2, 0) is 14.2 Å². The zero-order valence-electron chi connectivity index (χ0n) is 83.5. The number of nitrogen functional groups attached to an aromatic ring is 1. The highest BCUT2D eigenvalue weighted by atomic mass is 16.6. The van der Waals surface area contributed by atoms with E-state index in [1.165, 1.54) is 6.07 Å². The van der Waals surface area contributed by atoms with Gasteiger partial charge in [-0.05, 0) is 212 Å². The molecule has 8 aromatic carbocycles. The standard InChI is InChI=1S/C37H40N8O3.C32H32N8O.C19H25N5O4.C19H27N5O2/c1-25-11-12-28(19-33(25)42-35-38-14-13-32(41-35)27-9-7-6-8-10-27)34(46)40-29-20-30(22-31(21-29)45-23-26(2)39-24-45)43-15-17-44(18-16-43)36(47)48-37(3,4)5;1-22-8-9-25(16-30(22)38-32-34-11-10-29(37-32)24-6-4-3-5-7-24)31(41)36-26-17-27(39-14-12-33-13-15-39)19-28(18-26)40-20-23(2)35-21-40;1-14-12-23(13-20-14)16-9-15(10-17(11-16)24(26)27)21-5-7-22(8-6-21)18(25)28-19(2,3)4;1-14-12-24(13-21-14)17-10-15(20)9-16(11-17)22-5-7-23(8-6-22)18(25)26-19(2,3)4/h6-14,19-24H,15-18H2,1-5H3,(H,40,46)(H,38,41,42);3-11,16-21,33H,12-15H2,1-2H3,(H,36,41)(H,34,37,38);9-13H,5-8H2,1-4H3;9-13H,5-8,20H2,1-4H3. The summed E-state index contributed by atoms with van der Waals surface area (Å²) in [5.41, 5.74) is 25.6. The van der Waals surface area contributed by atoms with E-state index in [2.05, 4.69) is 99.4 Å². The van der Waals surface area contributed by atoms with Gasteiger partial charge in [-0.1, -0.05) is 72.8 Å². The molecule has 0 unspecified atom stereocenters. The maximum atomic E-state index is 13.7. The second kappa shape index (κ2) is 44.7. The SMILES string of the molecule is Cc1cn(-c2cc(N)cc(N3CCN(C(=O)OC(C)(C)C)CC3)c2)cn1.Cc1cn(-c2cc(N3CCN(C(=O)OC(C)(C)C)CC3)cc([N+](=O)[O-])c2)cn1.Cc1cn(-c2cc(NC(=O)c3ccc(C)c(Nc4nccc(-c5ccccc5)n4)c3)cc(N3CCN(C(=O)OC(C)(C)C)CC3)c2)cn1.Cc1cn(-c2cc(NC(=O)c3ccc(C)c(Nc4nccc(-c5ccccc5)n4)c3)cc(N3CCNCC3)c2)cn1. The molecule has 36 heteroatoms. The molecule has 5 amide bonds. The Labute approximate surface area is 832 Å². The van der Waals surface area contributed by atoms with Crippen LogP contribution in [0.4, 0.5) is 83.2 Å². The number of carbonyl (C=O) groups is 5. The van der Waals surface area contributed by atoms with Crippen LogP contribution < -0.4 is 51.9 Å². The van der Waals surface area contributed by atoms with E-state index >= 15 is 0 Å². The van der Waals surface area contributed by atoms with Crippen LogP contribution in [0.5, 0.6) is 0 Å². The Balaban J connectivity index is 0.000000148. The molecule has 18 rings (SSSR count). The lowest BCUT2D eigenvalue weighted by molar-refractivity contribution is -0.384. The van der Waals surface area contributed by atoms with Gasteiger partial charge in [0.15, 0.2) is 0 Å². The number of anilines is 11. The molecule has 4 saturated heterocycles. The van der Waals surface area contributed by atoms with Crippen LogP contribution >= 0.6 is 0 Å². The molecular weight excluding hydrogens is 1810 g/mol. The Morgan fingerprint density at radius 1 is 0.371 bits per heavy atom. The van der Waals surface area contributed by atoms with Gasteiger partial charge in [0, 0.05) is 227 Å². The number of ether oxygens (including phenoxy) is 3. The number of imidazole rings is 4. The number of nitrogens with one attached hydrogen (secondary N) is 5. The van der Waals surface area contributed by atoms with Crippen LogP contribution in [0.15, 0.2) is 244 Å². The highest BCUT2D eigenvalue weighted by molar-refractivity contribution is 6.06. The number of nitro groups is 1. The minimum absolute atomic E-state index is 0.0217. The van der Waals surface area contributed by atoms with E-state index in [9.17, 15) is 34.1 Å². The number of aryl methyl sites for hydroxylation is 6. The minimum Gasteiger partial charge on any atom is -0.444 e. The first-order valence-electron chi connectivity index (χ1n) is 47.7. The number of hydrogen-bond donors (Lipinski definition) is 6. The molecule has 0 radical (unpaired) electrons. The van der Waals surface area contributed by atoms with E-state index in [4.69, 9.17) is 19.9 Å². The quantitative estimate of drug-likeness (QED) is 0.0189. The molecule has 4 aliphatic rings. The van der Waals surface area contributed by atoms with Crippen molar-refractivity contribution in [2.45, 2.75) is 121 Å². The first kappa shape index (κ1) is 101. The smallest absolute Gasteiger partial charge is 0.410 e. The zero-order valence-corrected chi connectivity index (χ0v) is 83.5. The van der Waals surface area contributed by atoms with Crippen molar-refractivity contribution in [1.29, 1.82) is 0 Å². The van der Waals surface area contributed by atoms with Crippen LogP contribution in [-0.4, -0.2) is 229 Å². The van der Waals surface area contributed by atoms with Gasteiger partial charge in [0.25, 0.3) is 17.5 Å². The molecule has 742 valence electrons. The van der Waals surface area contributed by atoms with Crippen molar-refractivity contribution in [1.82, 2.24) is 78.2 Å². The van der Waals surface area contributed by atoms with Crippen LogP contribution in [0, 0.1) is 51.7 Å². The molecule has 7 N–H and O–H groups in total. The largest absolute Gasteiger partial charge is 0.444 e. The number of carbonyl (C=O) groups excluding carboxylic acids is 5. The molecule has 6 aromatic heterocycles. The molecule has 0 saturated carbocycles. The predicted octanol–water partition coefficient (Wildman–Crippen LogP) is 18.3. The molecule has 143 heavy (non-hydrogen) atoms. The van der Waals surface area contributed by atoms with Crippen LogP contribution in [0.1, 0.15) is 117 Å². The summed E-state index contributed by atoms with van der Waals surface area (Å²) in [6, 6.07) is 57.8. The van der Waals surface area contributed by atoms with Gasteiger partial charge in [-0.25, -0.2) is 54.3 Å².